The van der Waals surface area contributed by atoms with Crippen molar-refractivity contribution in [1.82, 2.24) is 5.32 Å². The van der Waals surface area contributed by atoms with Crippen molar-refractivity contribution in [3.63, 3.8) is 0 Å². The van der Waals surface area contributed by atoms with E-state index in [2.05, 4.69) is 62.1 Å². The third kappa shape index (κ3) is 4.53. The fraction of sp³-hybridized carbons (Fsp3) is 0.500. The van der Waals surface area contributed by atoms with Gasteiger partial charge in [-0.05, 0) is 43.5 Å². The lowest BCUT2D eigenvalue weighted by atomic mass is 10.0. The van der Waals surface area contributed by atoms with E-state index in [-0.39, 0.29) is 0 Å². The van der Waals surface area contributed by atoms with E-state index in [0.29, 0.717) is 6.04 Å². The first kappa shape index (κ1) is 14.8. The highest BCUT2D eigenvalue weighted by Crippen LogP contribution is 2.22. The molecular formula is C16H26N2. The van der Waals surface area contributed by atoms with E-state index >= 15 is 0 Å². The molecule has 0 saturated carbocycles. The molecule has 0 amide bonds. The van der Waals surface area contributed by atoms with Crippen LogP contribution in [0.15, 0.2) is 36.9 Å². The molecular weight excluding hydrogens is 220 g/mol. The first-order valence-electron chi connectivity index (χ1n) is 6.80. The summed E-state index contributed by atoms with van der Waals surface area (Å²) >= 11 is 0. The van der Waals surface area contributed by atoms with Crippen molar-refractivity contribution in [3.05, 3.63) is 42.5 Å². The monoisotopic (exact) mass is 246 g/mol. The Balaban J connectivity index is 2.68. The fourth-order valence-electron chi connectivity index (χ4n) is 2.10. The van der Waals surface area contributed by atoms with Gasteiger partial charge in [0.1, 0.15) is 0 Å². The minimum atomic E-state index is 0.464. The highest BCUT2D eigenvalue weighted by atomic mass is 15.1. The van der Waals surface area contributed by atoms with Gasteiger partial charge in [-0.25, -0.2) is 0 Å². The number of unbranched alkanes of at least 4 members (excludes halogenated alkanes) is 1. The molecule has 1 N–H and O–H groups in total. The van der Waals surface area contributed by atoms with Gasteiger partial charge in [0.25, 0.3) is 0 Å². The number of hydrogen-bond donors (Lipinski definition) is 1. The van der Waals surface area contributed by atoms with Crippen LogP contribution < -0.4 is 10.2 Å². The summed E-state index contributed by atoms with van der Waals surface area (Å²) in [6.07, 6.45) is 5.45. The SMILES string of the molecule is C=CCCCC(NCC)c1ccc(N(C)C)cc1. The van der Waals surface area contributed by atoms with Crippen molar-refractivity contribution in [2.45, 2.75) is 32.2 Å². The van der Waals surface area contributed by atoms with Crippen molar-refractivity contribution in [2.75, 3.05) is 25.5 Å². The second kappa shape index (κ2) is 7.93. The number of hydrogen-bond acceptors (Lipinski definition) is 2. The lowest BCUT2D eigenvalue weighted by Crippen LogP contribution is -2.21. The van der Waals surface area contributed by atoms with Gasteiger partial charge in [0.2, 0.25) is 0 Å². The van der Waals surface area contributed by atoms with E-state index in [9.17, 15) is 0 Å². The Morgan fingerprint density at radius 2 is 1.94 bits per heavy atom. The molecule has 0 saturated heterocycles. The molecule has 1 rings (SSSR count). The predicted molar refractivity (Wildman–Crippen MR) is 81.2 cm³/mol. The smallest absolute Gasteiger partial charge is 0.0361 e. The van der Waals surface area contributed by atoms with Gasteiger partial charge in [-0.2, -0.15) is 0 Å². The zero-order valence-electron chi connectivity index (χ0n) is 11.9. The van der Waals surface area contributed by atoms with E-state index in [0.717, 1.165) is 13.0 Å². The van der Waals surface area contributed by atoms with E-state index in [1.165, 1.54) is 24.1 Å². The molecule has 0 fully saturated rings. The second-order valence-corrected chi connectivity index (χ2v) is 4.82. The summed E-state index contributed by atoms with van der Waals surface area (Å²) in [7, 11) is 4.14. The molecule has 100 valence electrons. The highest BCUT2D eigenvalue weighted by molar-refractivity contribution is 5.46. The van der Waals surface area contributed by atoms with E-state index in [1.807, 2.05) is 6.08 Å². The largest absolute Gasteiger partial charge is 0.378 e. The molecule has 1 atom stereocenters. The van der Waals surface area contributed by atoms with Gasteiger partial charge in [-0.1, -0.05) is 25.1 Å². The Hall–Kier alpha value is -1.28. The van der Waals surface area contributed by atoms with Crippen molar-refractivity contribution in [3.8, 4) is 0 Å². The van der Waals surface area contributed by atoms with Crippen LogP contribution in [0, 0.1) is 0 Å². The first-order valence-corrected chi connectivity index (χ1v) is 6.80. The van der Waals surface area contributed by atoms with Crippen LogP contribution in [0.4, 0.5) is 5.69 Å². The molecule has 1 aromatic carbocycles. The molecule has 0 bridgehead atoms. The van der Waals surface area contributed by atoms with Gasteiger partial charge < -0.3 is 10.2 Å². The standard InChI is InChI=1S/C16H26N2/c1-5-7-8-9-16(17-6-2)14-10-12-15(13-11-14)18(3)4/h5,10-13,16-17H,1,6-9H2,2-4H3. The number of benzene rings is 1. The zero-order valence-corrected chi connectivity index (χ0v) is 11.9. The Morgan fingerprint density at radius 3 is 2.44 bits per heavy atom. The maximum atomic E-state index is 3.78. The Morgan fingerprint density at radius 1 is 1.28 bits per heavy atom. The minimum absolute atomic E-state index is 0.464. The molecule has 1 aromatic rings. The third-order valence-corrected chi connectivity index (χ3v) is 3.16. The molecule has 0 spiro atoms. The van der Waals surface area contributed by atoms with E-state index in [4.69, 9.17) is 0 Å². The summed E-state index contributed by atoms with van der Waals surface area (Å²) in [5.41, 5.74) is 2.63. The van der Waals surface area contributed by atoms with Gasteiger partial charge in [0.15, 0.2) is 0 Å². The summed E-state index contributed by atoms with van der Waals surface area (Å²) in [4.78, 5) is 2.13. The van der Waals surface area contributed by atoms with Gasteiger partial charge in [0.05, 0.1) is 0 Å². The summed E-state index contributed by atoms with van der Waals surface area (Å²) in [6, 6.07) is 9.30. The second-order valence-electron chi connectivity index (χ2n) is 4.82. The Labute approximate surface area is 112 Å². The van der Waals surface area contributed by atoms with Gasteiger partial charge in [-0.3, -0.25) is 0 Å². The topological polar surface area (TPSA) is 15.3 Å². The molecule has 0 aromatic heterocycles. The van der Waals surface area contributed by atoms with Crippen molar-refractivity contribution >= 4 is 5.69 Å². The Kier molecular flexibility index (Phi) is 6.51. The van der Waals surface area contributed by atoms with Crippen LogP contribution in [0.5, 0.6) is 0 Å². The molecule has 0 heterocycles. The van der Waals surface area contributed by atoms with Gasteiger partial charge in [0, 0.05) is 25.8 Å². The molecule has 0 radical (unpaired) electrons. The van der Waals surface area contributed by atoms with Crippen molar-refractivity contribution < 1.29 is 0 Å². The minimum Gasteiger partial charge on any atom is -0.378 e. The van der Waals surface area contributed by atoms with Crippen LogP contribution >= 0.6 is 0 Å². The quantitative estimate of drug-likeness (QED) is 0.555. The number of allylic oxidation sites excluding steroid dienone is 1. The number of nitrogens with one attached hydrogen (secondary N) is 1. The number of anilines is 1. The first-order chi connectivity index (χ1) is 8.69. The molecule has 1 unspecified atom stereocenters. The van der Waals surface area contributed by atoms with Crippen molar-refractivity contribution in [1.29, 1.82) is 0 Å². The fourth-order valence-corrected chi connectivity index (χ4v) is 2.10. The molecule has 0 aliphatic carbocycles. The Bertz CT molecular complexity index is 341. The average Bonchev–Trinajstić information content (AvgIpc) is 2.38. The van der Waals surface area contributed by atoms with E-state index in [1.54, 1.807) is 0 Å². The average molecular weight is 246 g/mol. The maximum absolute atomic E-state index is 3.78. The number of rotatable bonds is 8. The van der Waals surface area contributed by atoms with Crippen LogP contribution in [0.1, 0.15) is 37.8 Å². The predicted octanol–water partition coefficient (Wildman–Crippen LogP) is 3.76. The molecule has 2 heteroatoms. The maximum Gasteiger partial charge on any atom is 0.0361 e. The van der Waals surface area contributed by atoms with Crippen LogP contribution in [-0.4, -0.2) is 20.6 Å². The molecule has 0 aliphatic rings. The molecule has 18 heavy (non-hydrogen) atoms. The van der Waals surface area contributed by atoms with Gasteiger partial charge in [-0.15, -0.1) is 6.58 Å². The summed E-state index contributed by atoms with van der Waals surface area (Å²) in [6.45, 7) is 6.95. The van der Waals surface area contributed by atoms with Crippen LogP contribution in [0.25, 0.3) is 0 Å². The zero-order chi connectivity index (χ0) is 13.4. The molecule has 0 aliphatic heterocycles. The lowest BCUT2D eigenvalue weighted by Gasteiger charge is -2.19. The van der Waals surface area contributed by atoms with Crippen LogP contribution in [0.2, 0.25) is 0 Å². The van der Waals surface area contributed by atoms with Crippen LogP contribution in [0.3, 0.4) is 0 Å². The highest BCUT2D eigenvalue weighted by Gasteiger charge is 2.09. The normalized spacial score (nSPS) is 12.2. The summed E-state index contributed by atoms with van der Waals surface area (Å²) in [5, 5.41) is 3.56. The summed E-state index contributed by atoms with van der Waals surface area (Å²) < 4.78 is 0. The van der Waals surface area contributed by atoms with Crippen LogP contribution in [-0.2, 0) is 0 Å². The molecule has 2 nitrogen and oxygen atoms in total. The van der Waals surface area contributed by atoms with Gasteiger partial charge >= 0.3 is 0 Å². The summed E-state index contributed by atoms with van der Waals surface area (Å²) in [5.74, 6) is 0. The number of nitrogens with zero attached hydrogens (tertiary/aromatic N) is 1. The van der Waals surface area contributed by atoms with Crippen molar-refractivity contribution in [2.24, 2.45) is 0 Å². The van der Waals surface area contributed by atoms with E-state index < -0.39 is 0 Å². The third-order valence-electron chi connectivity index (χ3n) is 3.16. The lowest BCUT2D eigenvalue weighted by molar-refractivity contribution is 0.500.